The second kappa shape index (κ2) is 7.23. The van der Waals surface area contributed by atoms with E-state index in [-0.39, 0.29) is 18.4 Å². The topological polar surface area (TPSA) is 67.4 Å². The van der Waals surface area contributed by atoms with Gasteiger partial charge >= 0.3 is 0 Å². The van der Waals surface area contributed by atoms with Crippen molar-refractivity contribution in [2.24, 2.45) is 0 Å². The summed E-state index contributed by atoms with van der Waals surface area (Å²) in [7, 11) is 0. The molecule has 124 valence electrons. The van der Waals surface area contributed by atoms with E-state index in [9.17, 15) is 9.59 Å². The lowest BCUT2D eigenvalue weighted by molar-refractivity contribution is -0.129. The van der Waals surface area contributed by atoms with Gasteiger partial charge in [-0.2, -0.15) is 0 Å². The molecule has 7 heteroatoms. The van der Waals surface area contributed by atoms with Crippen LogP contribution in [0, 0.1) is 0 Å². The summed E-state index contributed by atoms with van der Waals surface area (Å²) in [5.74, 6) is 0.00984. The molecule has 2 N–H and O–H groups in total. The molecule has 1 atom stereocenters. The molecule has 2 aromatic carbocycles. The van der Waals surface area contributed by atoms with Crippen molar-refractivity contribution >= 4 is 45.0 Å². The quantitative estimate of drug-likeness (QED) is 0.815. The lowest BCUT2D eigenvalue weighted by Crippen LogP contribution is -2.41. The van der Waals surface area contributed by atoms with E-state index in [1.807, 2.05) is 18.2 Å². The van der Waals surface area contributed by atoms with Gasteiger partial charge in [-0.25, -0.2) is 0 Å². The van der Waals surface area contributed by atoms with E-state index in [1.165, 1.54) is 0 Å². The molecule has 5 nitrogen and oxygen atoms in total. The number of hydrogen-bond acceptors (Lipinski definition) is 3. The monoisotopic (exact) mass is 408 g/mol. The van der Waals surface area contributed by atoms with Gasteiger partial charge in [0.1, 0.15) is 5.75 Å². The number of carbonyl (C=O) groups is 2. The highest BCUT2D eigenvalue weighted by Gasteiger charge is 2.29. The van der Waals surface area contributed by atoms with E-state index >= 15 is 0 Å². The molecule has 0 bridgehead atoms. The summed E-state index contributed by atoms with van der Waals surface area (Å²) in [6.45, 7) is -0.128. The van der Waals surface area contributed by atoms with Crippen molar-refractivity contribution in [3.8, 4) is 5.75 Å². The van der Waals surface area contributed by atoms with E-state index in [4.69, 9.17) is 16.3 Å². The standard InChI is InChI=1S/C17H14BrClN2O3/c18-12-3-1-2-4-13(12)21-16(22)9-20-17(23)15-8-10-7-11(19)5-6-14(10)24-15/h1-7,15H,8-9H2,(H,20,23)(H,21,22)/t15-/m0/s1. The maximum Gasteiger partial charge on any atom is 0.261 e. The van der Waals surface area contributed by atoms with Crippen LogP contribution in [0.2, 0.25) is 5.02 Å². The van der Waals surface area contributed by atoms with Crippen LogP contribution in [0.15, 0.2) is 46.9 Å². The van der Waals surface area contributed by atoms with Crippen molar-refractivity contribution in [2.75, 3.05) is 11.9 Å². The number of ether oxygens (including phenoxy) is 1. The van der Waals surface area contributed by atoms with Crippen LogP contribution in [-0.4, -0.2) is 24.5 Å². The summed E-state index contributed by atoms with van der Waals surface area (Å²) < 4.78 is 6.36. The van der Waals surface area contributed by atoms with Gasteiger partial charge in [-0.3, -0.25) is 9.59 Å². The predicted octanol–water partition coefficient (Wildman–Crippen LogP) is 3.16. The van der Waals surface area contributed by atoms with Crippen molar-refractivity contribution in [1.29, 1.82) is 0 Å². The second-order valence-corrected chi connectivity index (χ2v) is 6.60. The number of benzene rings is 2. The molecule has 3 rings (SSSR count). The highest BCUT2D eigenvalue weighted by Crippen LogP contribution is 2.31. The number of hydrogen-bond donors (Lipinski definition) is 2. The molecule has 1 aliphatic rings. The molecule has 0 aliphatic carbocycles. The number of anilines is 1. The summed E-state index contributed by atoms with van der Waals surface area (Å²) in [4.78, 5) is 24.1. The largest absolute Gasteiger partial charge is 0.480 e. The average molecular weight is 410 g/mol. The van der Waals surface area contributed by atoms with Crippen LogP contribution >= 0.6 is 27.5 Å². The molecule has 0 aromatic heterocycles. The minimum absolute atomic E-state index is 0.128. The number of amides is 2. The Morgan fingerprint density at radius 2 is 2.04 bits per heavy atom. The zero-order valence-electron chi connectivity index (χ0n) is 12.5. The van der Waals surface area contributed by atoms with E-state index in [0.717, 1.165) is 10.0 Å². The summed E-state index contributed by atoms with van der Waals surface area (Å²) in [6, 6.07) is 12.5. The zero-order chi connectivity index (χ0) is 17.1. The molecule has 0 unspecified atom stereocenters. The first-order valence-electron chi connectivity index (χ1n) is 7.30. The molecular formula is C17H14BrClN2O3. The van der Waals surface area contributed by atoms with Gasteiger partial charge in [0.05, 0.1) is 12.2 Å². The van der Waals surface area contributed by atoms with Gasteiger partial charge in [-0.05, 0) is 51.8 Å². The van der Waals surface area contributed by atoms with Gasteiger partial charge in [-0.1, -0.05) is 23.7 Å². The Labute approximate surface area is 152 Å². The molecule has 24 heavy (non-hydrogen) atoms. The Bertz CT molecular complexity index is 797. The first-order chi connectivity index (χ1) is 11.5. The van der Waals surface area contributed by atoms with Crippen molar-refractivity contribution in [3.63, 3.8) is 0 Å². The predicted molar refractivity (Wildman–Crippen MR) is 95.4 cm³/mol. The first kappa shape index (κ1) is 16.8. The van der Waals surface area contributed by atoms with Crippen molar-refractivity contribution in [3.05, 3.63) is 57.5 Å². The second-order valence-electron chi connectivity index (χ2n) is 5.31. The molecular weight excluding hydrogens is 396 g/mol. The third-order valence-electron chi connectivity index (χ3n) is 3.56. The van der Waals surface area contributed by atoms with E-state index in [0.29, 0.717) is 22.9 Å². The molecule has 1 aliphatic heterocycles. The minimum atomic E-state index is -0.644. The molecule has 2 aromatic rings. The Morgan fingerprint density at radius 1 is 1.25 bits per heavy atom. The summed E-state index contributed by atoms with van der Waals surface area (Å²) in [6.07, 6.45) is -0.206. The van der Waals surface area contributed by atoms with Gasteiger partial charge in [-0.15, -0.1) is 0 Å². The van der Waals surface area contributed by atoms with Crippen molar-refractivity contribution in [2.45, 2.75) is 12.5 Å². The molecule has 0 radical (unpaired) electrons. The highest BCUT2D eigenvalue weighted by molar-refractivity contribution is 9.10. The fourth-order valence-electron chi connectivity index (χ4n) is 2.40. The van der Waals surface area contributed by atoms with Gasteiger partial charge in [0.2, 0.25) is 5.91 Å². The van der Waals surface area contributed by atoms with Gasteiger partial charge in [0.25, 0.3) is 5.91 Å². The third-order valence-corrected chi connectivity index (χ3v) is 4.49. The molecule has 0 saturated carbocycles. The lowest BCUT2D eigenvalue weighted by atomic mass is 10.1. The maximum atomic E-state index is 12.2. The van der Waals surface area contributed by atoms with Crippen molar-refractivity contribution < 1.29 is 14.3 Å². The number of rotatable bonds is 4. The lowest BCUT2D eigenvalue weighted by Gasteiger charge is -2.12. The SMILES string of the molecule is O=C(CNC(=O)[C@@H]1Cc2cc(Cl)ccc2O1)Nc1ccccc1Br. The number of carbonyl (C=O) groups excluding carboxylic acids is 2. The van der Waals surface area contributed by atoms with Gasteiger partial charge < -0.3 is 15.4 Å². The van der Waals surface area contributed by atoms with Gasteiger partial charge in [0, 0.05) is 15.9 Å². The van der Waals surface area contributed by atoms with E-state index in [1.54, 1.807) is 24.3 Å². The molecule has 1 heterocycles. The van der Waals surface area contributed by atoms with Crippen LogP contribution in [0.5, 0.6) is 5.75 Å². The van der Waals surface area contributed by atoms with Gasteiger partial charge in [0.15, 0.2) is 6.10 Å². The zero-order valence-corrected chi connectivity index (χ0v) is 14.9. The highest BCUT2D eigenvalue weighted by atomic mass is 79.9. The number of fused-ring (bicyclic) bond motifs is 1. The van der Waals surface area contributed by atoms with Crippen LogP contribution in [0.1, 0.15) is 5.56 Å². The van der Waals surface area contributed by atoms with Crippen LogP contribution in [0.3, 0.4) is 0 Å². The number of halogens is 2. The molecule has 0 fully saturated rings. The Hall–Kier alpha value is -2.05. The molecule has 0 saturated heterocycles. The molecule has 0 spiro atoms. The van der Waals surface area contributed by atoms with Crippen LogP contribution in [0.25, 0.3) is 0 Å². The molecule has 2 amide bonds. The smallest absolute Gasteiger partial charge is 0.261 e. The maximum absolute atomic E-state index is 12.2. The van der Waals surface area contributed by atoms with Crippen molar-refractivity contribution in [1.82, 2.24) is 5.32 Å². The summed E-state index contributed by atoms with van der Waals surface area (Å²) >= 11 is 9.28. The first-order valence-corrected chi connectivity index (χ1v) is 8.47. The van der Waals surface area contributed by atoms with Crippen LogP contribution in [-0.2, 0) is 16.0 Å². The van der Waals surface area contributed by atoms with Crippen LogP contribution in [0.4, 0.5) is 5.69 Å². The normalized spacial score (nSPS) is 15.3. The fourth-order valence-corrected chi connectivity index (χ4v) is 2.98. The average Bonchev–Trinajstić information content (AvgIpc) is 2.98. The Kier molecular flexibility index (Phi) is 5.06. The van der Waals surface area contributed by atoms with Crippen LogP contribution < -0.4 is 15.4 Å². The Morgan fingerprint density at radius 3 is 2.83 bits per heavy atom. The summed E-state index contributed by atoms with van der Waals surface area (Å²) in [5.41, 5.74) is 1.54. The third kappa shape index (κ3) is 3.88. The van der Waals surface area contributed by atoms with E-state index in [2.05, 4.69) is 26.6 Å². The minimum Gasteiger partial charge on any atom is -0.480 e. The summed E-state index contributed by atoms with van der Waals surface area (Å²) in [5, 5.41) is 5.91. The number of para-hydroxylation sites is 1. The number of nitrogens with one attached hydrogen (secondary N) is 2. The fraction of sp³-hybridized carbons (Fsp3) is 0.176. The Balaban J connectivity index is 1.51. The van der Waals surface area contributed by atoms with E-state index < -0.39 is 6.10 Å².